The molecule has 0 fully saturated rings. The number of hydrogen-bond donors (Lipinski definition) is 1. The molecule has 0 aliphatic carbocycles. The van der Waals surface area contributed by atoms with E-state index in [1.165, 1.54) is 25.6 Å². The van der Waals surface area contributed by atoms with Crippen LogP contribution in [0.3, 0.4) is 0 Å². The van der Waals surface area contributed by atoms with Gasteiger partial charge in [-0.05, 0) is 23.6 Å². The van der Waals surface area contributed by atoms with Crippen LogP contribution in [0.25, 0.3) is 21.5 Å². The van der Waals surface area contributed by atoms with E-state index >= 15 is 0 Å². The molecule has 3 aromatic heterocycles. The maximum absolute atomic E-state index is 13.2. The Hall–Kier alpha value is -3.76. The Kier molecular flexibility index (Phi) is 6.38. The maximum atomic E-state index is 13.2. The number of fused-ring (bicyclic) bond motifs is 1. The zero-order valence-electron chi connectivity index (χ0n) is 17.6. The molecule has 0 bridgehead atoms. The predicted octanol–water partition coefficient (Wildman–Crippen LogP) is 4.54. The van der Waals surface area contributed by atoms with E-state index in [-0.39, 0.29) is 27.6 Å². The molecule has 1 aromatic carbocycles. The minimum Gasteiger partial charge on any atom is -0.465 e. The maximum Gasteiger partial charge on any atom is 0.348 e. The Bertz CT molecular complexity index is 1360. The summed E-state index contributed by atoms with van der Waals surface area (Å²) in [6.45, 7) is -0.369. The average molecular weight is 483 g/mol. The van der Waals surface area contributed by atoms with Gasteiger partial charge in [0.2, 0.25) is 0 Å². The van der Waals surface area contributed by atoms with E-state index in [4.69, 9.17) is 19.9 Å². The molecular weight excluding hydrogens is 464 g/mol. The van der Waals surface area contributed by atoms with Crippen molar-refractivity contribution >= 4 is 56.5 Å². The Morgan fingerprint density at radius 2 is 1.76 bits per heavy atom. The second kappa shape index (κ2) is 9.39. The van der Waals surface area contributed by atoms with Crippen LogP contribution in [0.1, 0.15) is 36.0 Å². The van der Waals surface area contributed by atoms with Crippen molar-refractivity contribution in [2.24, 2.45) is 0 Å². The van der Waals surface area contributed by atoms with Crippen molar-refractivity contribution in [3.05, 3.63) is 69.4 Å². The summed E-state index contributed by atoms with van der Waals surface area (Å²) < 4.78 is 15.1. The molecule has 4 aromatic rings. The number of anilines is 1. The van der Waals surface area contributed by atoms with E-state index in [0.717, 1.165) is 16.2 Å². The Morgan fingerprint density at radius 1 is 1.00 bits per heavy atom. The molecule has 3 heterocycles. The third-order valence-corrected chi connectivity index (χ3v) is 6.79. The minimum absolute atomic E-state index is 0.0189. The minimum atomic E-state index is -0.737. The van der Waals surface area contributed by atoms with Gasteiger partial charge in [-0.1, -0.05) is 24.3 Å². The average Bonchev–Trinajstić information content (AvgIpc) is 3.49. The number of para-hydroxylation sites is 1. The number of thiophene rings is 2. The van der Waals surface area contributed by atoms with Crippen LogP contribution in [0.15, 0.2) is 47.8 Å². The quantitative estimate of drug-likeness (QED) is 0.314. The summed E-state index contributed by atoms with van der Waals surface area (Å²) in [5.74, 6) is -2.07. The Labute approximate surface area is 196 Å². The number of benzene rings is 1. The molecule has 0 unspecified atom stereocenters. The van der Waals surface area contributed by atoms with Crippen LogP contribution in [-0.2, 0) is 20.8 Å². The number of pyridine rings is 1. The van der Waals surface area contributed by atoms with Crippen molar-refractivity contribution in [1.82, 2.24) is 4.98 Å². The first-order valence-corrected chi connectivity index (χ1v) is 11.3. The molecule has 0 spiro atoms. The number of methoxy groups -OCH3 is 2. The van der Waals surface area contributed by atoms with Gasteiger partial charge in [0.15, 0.2) is 0 Å². The molecular formula is C23H18N2O6S2. The van der Waals surface area contributed by atoms with E-state index in [1.54, 1.807) is 18.2 Å². The van der Waals surface area contributed by atoms with Crippen LogP contribution in [0, 0.1) is 0 Å². The summed E-state index contributed by atoms with van der Waals surface area (Å²) in [6, 6.07) is 12.7. The topological polar surface area (TPSA) is 118 Å². The predicted molar refractivity (Wildman–Crippen MR) is 126 cm³/mol. The number of rotatable bonds is 6. The third kappa shape index (κ3) is 4.30. The first kappa shape index (κ1) is 22.4. The van der Waals surface area contributed by atoms with Crippen LogP contribution >= 0.6 is 22.7 Å². The van der Waals surface area contributed by atoms with Crippen LogP contribution in [-0.4, -0.2) is 37.1 Å². The number of carbonyl (C=O) groups excluding carboxylic acids is 3. The van der Waals surface area contributed by atoms with E-state index < -0.39 is 17.9 Å². The fourth-order valence-corrected chi connectivity index (χ4v) is 4.98. The largest absolute Gasteiger partial charge is 0.465 e. The molecule has 4 rings (SSSR count). The summed E-state index contributed by atoms with van der Waals surface area (Å²) in [6.07, 6.45) is 0. The van der Waals surface area contributed by atoms with Crippen molar-refractivity contribution in [3.8, 4) is 10.6 Å². The number of ether oxygens (including phenoxy) is 3. The number of aromatic nitrogens is 1. The molecule has 168 valence electrons. The Balaban J connectivity index is 1.72. The standard InChI is InChI=1S/C23H18N2O6S2/c1-29-22(27)18-14(19(23(28)30-2)33-20(18)24)11-31-21(26)13-10-16(17-8-5-9-32-17)25-15-7-4-3-6-12(13)15/h3-10H,11,24H2,1-2H3. The van der Waals surface area contributed by atoms with Gasteiger partial charge >= 0.3 is 17.9 Å². The normalized spacial score (nSPS) is 10.7. The molecule has 0 aliphatic heterocycles. The lowest BCUT2D eigenvalue weighted by Crippen LogP contribution is -2.13. The molecule has 0 saturated heterocycles. The smallest absolute Gasteiger partial charge is 0.348 e. The van der Waals surface area contributed by atoms with Crippen molar-refractivity contribution in [3.63, 3.8) is 0 Å². The van der Waals surface area contributed by atoms with E-state index in [1.807, 2.05) is 29.6 Å². The third-order valence-electron chi connectivity index (χ3n) is 4.85. The highest BCUT2D eigenvalue weighted by molar-refractivity contribution is 7.18. The van der Waals surface area contributed by atoms with Crippen LogP contribution in [0.4, 0.5) is 5.00 Å². The van der Waals surface area contributed by atoms with E-state index in [9.17, 15) is 14.4 Å². The zero-order chi connectivity index (χ0) is 23.5. The number of nitrogens with zero attached hydrogens (tertiary/aromatic N) is 1. The van der Waals surface area contributed by atoms with Crippen LogP contribution < -0.4 is 5.73 Å². The molecule has 0 radical (unpaired) electrons. The first-order valence-electron chi connectivity index (χ1n) is 9.63. The van der Waals surface area contributed by atoms with Gasteiger partial charge in [-0.3, -0.25) is 0 Å². The van der Waals surface area contributed by atoms with Gasteiger partial charge in [-0.25, -0.2) is 19.4 Å². The van der Waals surface area contributed by atoms with E-state index in [0.29, 0.717) is 22.2 Å². The summed E-state index contributed by atoms with van der Waals surface area (Å²) in [7, 11) is 2.41. The van der Waals surface area contributed by atoms with Crippen molar-refractivity contribution in [2.45, 2.75) is 6.61 Å². The SMILES string of the molecule is COC(=O)c1sc(N)c(C(=O)OC)c1COC(=O)c1cc(-c2cccs2)nc2ccccc12. The lowest BCUT2D eigenvalue weighted by atomic mass is 10.1. The number of carbonyl (C=O) groups is 3. The zero-order valence-corrected chi connectivity index (χ0v) is 19.2. The number of nitrogens with two attached hydrogens (primary N) is 1. The van der Waals surface area contributed by atoms with Gasteiger partial charge in [0.05, 0.1) is 35.9 Å². The molecule has 33 heavy (non-hydrogen) atoms. The number of esters is 3. The highest BCUT2D eigenvalue weighted by Crippen LogP contribution is 2.34. The van der Waals surface area contributed by atoms with E-state index in [2.05, 4.69) is 4.98 Å². The molecule has 10 heteroatoms. The summed E-state index contributed by atoms with van der Waals surface area (Å²) in [4.78, 5) is 43.2. The van der Waals surface area contributed by atoms with Crippen molar-refractivity contribution in [1.29, 1.82) is 0 Å². The lowest BCUT2D eigenvalue weighted by molar-refractivity contribution is 0.0454. The second-order valence-corrected chi connectivity index (χ2v) is 8.76. The molecule has 0 atom stereocenters. The van der Waals surface area contributed by atoms with Crippen LogP contribution in [0.2, 0.25) is 0 Å². The summed E-state index contributed by atoms with van der Waals surface area (Å²) in [5.41, 5.74) is 7.65. The number of nitrogen functional groups attached to an aromatic ring is 1. The summed E-state index contributed by atoms with van der Waals surface area (Å²) in [5, 5.41) is 2.62. The van der Waals surface area contributed by atoms with Gasteiger partial charge in [0.25, 0.3) is 0 Å². The van der Waals surface area contributed by atoms with Crippen LogP contribution in [0.5, 0.6) is 0 Å². The number of hydrogen-bond acceptors (Lipinski definition) is 10. The van der Waals surface area contributed by atoms with Gasteiger partial charge in [-0.15, -0.1) is 22.7 Å². The highest BCUT2D eigenvalue weighted by atomic mass is 32.1. The molecule has 0 saturated carbocycles. The molecule has 2 N–H and O–H groups in total. The van der Waals surface area contributed by atoms with Gasteiger partial charge in [0.1, 0.15) is 22.0 Å². The Morgan fingerprint density at radius 3 is 2.45 bits per heavy atom. The van der Waals surface area contributed by atoms with Crippen molar-refractivity contribution < 1.29 is 28.6 Å². The highest BCUT2D eigenvalue weighted by Gasteiger charge is 2.28. The van der Waals surface area contributed by atoms with Gasteiger partial charge in [0, 0.05) is 10.9 Å². The molecule has 8 nitrogen and oxygen atoms in total. The second-order valence-electron chi connectivity index (χ2n) is 6.76. The fraction of sp³-hybridized carbons (Fsp3) is 0.130. The fourth-order valence-electron chi connectivity index (χ4n) is 3.32. The summed E-state index contributed by atoms with van der Waals surface area (Å²) >= 11 is 2.37. The molecule has 0 aliphatic rings. The van der Waals surface area contributed by atoms with Crippen molar-refractivity contribution in [2.75, 3.05) is 20.0 Å². The first-order chi connectivity index (χ1) is 15.9. The lowest BCUT2D eigenvalue weighted by Gasteiger charge is -2.11. The monoisotopic (exact) mass is 482 g/mol. The van der Waals surface area contributed by atoms with Gasteiger partial charge in [-0.2, -0.15) is 0 Å². The van der Waals surface area contributed by atoms with Gasteiger partial charge < -0.3 is 19.9 Å². The molecule has 0 amide bonds.